The Kier molecular flexibility index (Phi) is 4.44. The first kappa shape index (κ1) is 15.8. The Morgan fingerprint density at radius 2 is 2.18 bits per heavy atom. The lowest BCUT2D eigenvalue weighted by atomic mass is 10.3. The van der Waals surface area contributed by atoms with Crippen LogP contribution < -0.4 is 10.4 Å². The SMILES string of the molecule is COc1ccc(Cl)cc1-n1nc(-c2scc(Br)c2Br)[nH]c1=O. The number of halogens is 3. The maximum Gasteiger partial charge on any atom is 0.348 e. The molecule has 0 fully saturated rings. The van der Waals surface area contributed by atoms with Gasteiger partial charge in [0.25, 0.3) is 0 Å². The number of aromatic amines is 1. The van der Waals surface area contributed by atoms with E-state index in [4.69, 9.17) is 16.3 Å². The molecule has 5 nitrogen and oxygen atoms in total. The van der Waals surface area contributed by atoms with Crippen molar-refractivity contribution in [2.24, 2.45) is 0 Å². The smallest absolute Gasteiger partial charge is 0.348 e. The van der Waals surface area contributed by atoms with Crippen LogP contribution in [0.3, 0.4) is 0 Å². The van der Waals surface area contributed by atoms with E-state index >= 15 is 0 Å². The topological polar surface area (TPSA) is 59.9 Å². The van der Waals surface area contributed by atoms with Gasteiger partial charge in [-0.05, 0) is 50.1 Å². The third kappa shape index (κ3) is 2.76. The fourth-order valence-corrected chi connectivity index (χ4v) is 4.17. The Labute approximate surface area is 151 Å². The molecule has 2 heterocycles. The van der Waals surface area contributed by atoms with E-state index in [2.05, 4.69) is 41.9 Å². The predicted molar refractivity (Wildman–Crippen MR) is 94.5 cm³/mol. The molecule has 0 spiro atoms. The van der Waals surface area contributed by atoms with Crippen molar-refractivity contribution in [3.8, 4) is 22.1 Å². The molecule has 0 aliphatic carbocycles. The summed E-state index contributed by atoms with van der Waals surface area (Å²) in [4.78, 5) is 15.8. The number of rotatable bonds is 3. The summed E-state index contributed by atoms with van der Waals surface area (Å²) < 4.78 is 8.25. The third-order valence-corrected chi connectivity index (χ3v) is 6.66. The molecule has 0 unspecified atom stereocenters. The van der Waals surface area contributed by atoms with Crippen molar-refractivity contribution in [2.75, 3.05) is 7.11 Å². The molecule has 0 radical (unpaired) electrons. The Balaban J connectivity index is 2.17. The van der Waals surface area contributed by atoms with Crippen molar-refractivity contribution < 1.29 is 4.74 Å². The van der Waals surface area contributed by atoms with Crippen molar-refractivity contribution in [2.45, 2.75) is 0 Å². The fraction of sp³-hybridized carbons (Fsp3) is 0.0769. The van der Waals surface area contributed by atoms with Crippen LogP contribution in [0.4, 0.5) is 0 Å². The van der Waals surface area contributed by atoms with Crippen LogP contribution in [0.5, 0.6) is 5.75 Å². The minimum absolute atomic E-state index is 0.369. The number of hydrogen-bond acceptors (Lipinski definition) is 4. The van der Waals surface area contributed by atoms with Gasteiger partial charge >= 0.3 is 5.69 Å². The van der Waals surface area contributed by atoms with E-state index in [0.29, 0.717) is 22.3 Å². The van der Waals surface area contributed by atoms with Crippen molar-refractivity contribution in [1.29, 1.82) is 0 Å². The van der Waals surface area contributed by atoms with Crippen LogP contribution in [0.1, 0.15) is 0 Å². The second-order valence-corrected chi connectivity index (χ2v) is 7.20. The predicted octanol–water partition coefficient (Wildman–Crippen LogP) is 4.48. The average Bonchev–Trinajstić information content (AvgIpc) is 3.03. The van der Waals surface area contributed by atoms with Crippen molar-refractivity contribution in [3.63, 3.8) is 0 Å². The van der Waals surface area contributed by atoms with Crippen molar-refractivity contribution >= 4 is 54.8 Å². The molecule has 0 amide bonds. The summed E-state index contributed by atoms with van der Waals surface area (Å²) in [5.74, 6) is 0.977. The first-order valence-corrected chi connectivity index (χ1v) is 8.81. The average molecular weight is 466 g/mol. The summed E-state index contributed by atoms with van der Waals surface area (Å²) in [6, 6.07) is 5.01. The van der Waals surface area contributed by atoms with Gasteiger partial charge in [0.1, 0.15) is 11.4 Å². The van der Waals surface area contributed by atoms with Gasteiger partial charge in [0.15, 0.2) is 5.82 Å². The second kappa shape index (κ2) is 6.19. The van der Waals surface area contributed by atoms with Gasteiger partial charge in [0.05, 0.1) is 16.5 Å². The summed E-state index contributed by atoms with van der Waals surface area (Å²) >= 11 is 14.3. The highest BCUT2D eigenvalue weighted by Gasteiger charge is 2.17. The van der Waals surface area contributed by atoms with Crippen LogP contribution in [0, 0.1) is 0 Å². The number of nitrogens with one attached hydrogen (secondary N) is 1. The molecule has 0 aliphatic rings. The monoisotopic (exact) mass is 463 g/mol. The van der Waals surface area contributed by atoms with E-state index in [1.165, 1.54) is 23.1 Å². The molecule has 0 atom stereocenters. The highest BCUT2D eigenvalue weighted by atomic mass is 79.9. The molecular weight excluding hydrogens is 457 g/mol. The zero-order valence-electron chi connectivity index (χ0n) is 11.1. The summed E-state index contributed by atoms with van der Waals surface area (Å²) in [6.07, 6.45) is 0. The van der Waals surface area contributed by atoms with Gasteiger partial charge in [-0.1, -0.05) is 11.6 Å². The Bertz CT molecular complexity index is 903. The zero-order chi connectivity index (χ0) is 15.9. The molecule has 1 N–H and O–H groups in total. The molecule has 0 aliphatic heterocycles. The van der Waals surface area contributed by atoms with Gasteiger partial charge in [-0.2, -0.15) is 4.68 Å². The van der Waals surface area contributed by atoms with E-state index in [9.17, 15) is 4.79 Å². The number of benzene rings is 1. The van der Waals surface area contributed by atoms with Crippen molar-refractivity contribution in [3.05, 3.63) is 48.0 Å². The molecule has 9 heteroatoms. The zero-order valence-corrected chi connectivity index (χ0v) is 15.8. The fourth-order valence-electron chi connectivity index (χ4n) is 1.90. The molecular formula is C13H8Br2ClN3O2S. The minimum atomic E-state index is -0.369. The number of hydrogen-bond donors (Lipinski definition) is 1. The van der Waals surface area contributed by atoms with Crippen LogP contribution in [-0.4, -0.2) is 21.9 Å². The van der Waals surface area contributed by atoms with Gasteiger partial charge in [-0.15, -0.1) is 16.4 Å². The molecule has 0 bridgehead atoms. The normalized spacial score (nSPS) is 10.9. The van der Waals surface area contributed by atoms with Crippen LogP contribution in [0.25, 0.3) is 16.4 Å². The Morgan fingerprint density at radius 3 is 2.82 bits per heavy atom. The van der Waals surface area contributed by atoms with E-state index in [-0.39, 0.29) is 5.69 Å². The van der Waals surface area contributed by atoms with E-state index in [1.54, 1.807) is 18.2 Å². The van der Waals surface area contributed by atoms with Gasteiger partial charge in [0, 0.05) is 14.9 Å². The largest absolute Gasteiger partial charge is 0.494 e. The summed E-state index contributed by atoms with van der Waals surface area (Å²) in [7, 11) is 1.53. The number of H-pyrrole nitrogens is 1. The lowest BCUT2D eigenvalue weighted by Gasteiger charge is -2.07. The third-order valence-electron chi connectivity index (χ3n) is 2.89. The molecule has 22 heavy (non-hydrogen) atoms. The van der Waals surface area contributed by atoms with E-state index < -0.39 is 0 Å². The first-order valence-electron chi connectivity index (χ1n) is 5.97. The first-order chi connectivity index (χ1) is 10.5. The highest BCUT2D eigenvalue weighted by Crippen LogP contribution is 2.38. The number of methoxy groups -OCH3 is 1. The van der Waals surface area contributed by atoms with Crippen LogP contribution >= 0.6 is 54.8 Å². The summed E-state index contributed by atoms with van der Waals surface area (Å²) in [5.41, 5.74) is 0.112. The lowest BCUT2D eigenvalue weighted by Crippen LogP contribution is -2.16. The molecule has 2 aromatic heterocycles. The van der Waals surface area contributed by atoms with E-state index in [0.717, 1.165) is 13.8 Å². The summed E-state index contributed by atoms with van der Waals surface area (Å²) in [6.45, 7) is 0. The van der Waals surface area contributed by atoms with Crippen LogP contribution in [0.2, 0.25) is 5.02 Å². The van der Waals surface area contributed by atoms with Crippen LogP contribution in [0.15, 0.2) is 37.3 Å². The van der Waals surface area contributed by atoms with Crippen LogP contribution in [-0.2, 0) is 0 Å². The number of thiophene rings is 1. The second-order valence-electron chi connectivity index (χ2n) is 4.23. The molecule has 114 valence electrons. The summed E-state index contributed by atoms with van der Waals surface area (Å²) in [5, 5.41) is 6.75. The highest BCUT2D eigenvalue weighted by molar-refractivity contribution is 9.13. The number of nitrogens with zero attached hydrogens (tertiary/aromatic N) is 2. The lowest BCUT2D eigenvalue weighted by molar-refractivity contribution is 0.411. The van der Waals surface area contributed by atoms with Gasteiger partial charge in [-0.25, -0.2) is 4.79 Å². The molecule has 0 saturated heterocycles. The number of aromatic nitrogens is 3. The maximum atomic E-state index is 12.2. The van der Waals surface area contributed by atoms with E-state index in [1.807, 2.05) is 5.38 Å². The maximum absolute atomic E-state index is 12.2. The van der Waals surface area contributed by atoms with Crippen molar-refractivity contribution in [1.82, 2.24) is 14.8 Å². The van der Waals surface area contributed by atoms with Gasteiger partial charge < -0.3 is 4.74 Å². The molecule has 3 rings (SSSR count). The number of ether oxygens (including phenoxy) is 1. The minimum Gasteiger partial charge on any atom is -0.494 e. The Morgan fingerprint density at radius 1 is 1.41 bits per heavy atom. The molecule has 0 saturated carbocycles. The van der Waals surface area contributed by atoms with Gasteiger partial charge in [-0.3, -0.25) is 4.98 Å². The Hall–Kier alpha value is -1.09. The molecule has 3 aromatic rings. The van der Waals surface area contributed by atoms with Gasteiger partial charge in [0.2, 0.25) is 0 Å². The quantitative estimate of drug-likeness (QED) is 0.621. The standard InChI is InChI=1S/C13H8Br2ClN3O2S/c1-21-9-3-2-6(16)4-8(9)19-13(20)17-12(18-19)11-10(15)7(14)5-22-11/h2-5H,1H3,(H,17,18,20). The molecule has 1 aromatic carbocycles.